The molecule has 18 heavy (non-hydrogen) atoms. The van der Waals surface area contributed by atoms with Gasteiger partial charge in [-0.25, -0.2) is 4.98 Å². The normalized spacial score (nSPS) is 10.1. The summed E-state index contributed by atoms with van der Waals surface area (Å²) in [6.07, 6.45) is 3.50. The average Bonchev–Trinajstić information content (AvgIpc) is 2.38. The van der Waals surface area contributed by atoms with Crippen LogP contribution in [0.15, 0.2) is 36.7 Å². The van der Waals surface area contributed by atoms with Crippen molar-refractivity contribution in [3.8, 4) is 0 Å². The smallest absolute Gasteiger partial charge is 0.143 e. The van der Waals surface area contributed by atoms with Crippen LogP contribution >= 0.6 is 12.2 Å². The number of nitrogens with zero attached hydrogens (tertiary/aromatic N) is 3. The van der Waals surface area contributed by atoms with E-state index in [1.54, 1.807) is 12.4 Å². The van der Waals surface area contributed by atoms with Crippen LogP contribution in [0.4, 0.5) is 11.5 Å². The molecule has 0 spiro atoms. The lowest BCUT2D eigenvalue weighted by Gasteiger charge is -2.21. The molecule has 4 nitrogen and oxygen atoms in total. The third kappa shape index (κ3) is 2.46. The molecule has 0 amide bonds. The van der Waals surface area contributed by atoms with Gasteiger partial charge in [-0.1, -0.05) is 12.2 Å². The van der Waals surface area contributed by atoms with Gasteiger partial charge in [0.2, 0.25) is 0 Å². The summed E-state index contributed by atoms with van der Waals surface area (Å²) in [6, 6.07) is 7.63. The maximum Gasteiger partial charge on any atom is 0.143 e. The van der Waals surface area contributed by atoms with E-state index in [2.05, 4.69) is 9.97 Å². The van der Waals surface area contributed by atoms with Crippen LogP contribution in [0.5, 0.6) is 0 Å². The minimum absolute atomic E-state index is 0.341. The van der Waals surface area contributed by atoms with Gasteiger partial charge in [-0.3, -0.25) is 4.98 Å². The van der Waals surface area contributed by atoms with E-state index in [1.165, 1.54) is 0 Å². The molecule has 2 heterocycles. The predicted molar refractivity (Wildman–Crippen MR) is 77.2 cm³/mol. The molecule has 0 radical (unpaired) electrons. The van der Waals surface area contributed by atoms with Crippen molar-refractivity contribution in [2.24, 2.45) is 5.73 Å². The number of rotatable bonds is 3. The molecule has 0 fully saturated rings. The van der Waals surface area contributed by atoms with Crippen LogP contribution < -0.4 is 10.6 Å². The second kappa shape index (κ2) is 5.10. The van der Waals surface area contributed by atoms with Crippen molar-refractivity contribution in [3.63, 3.8) is 0 Å². The molecule has 92 valence electrons. The van der Waals surface area contributed by atoms with Crippen molar-refractivity contribution in [1.29, 1.82) is 0 Å². The molecule has 0 saturated heterocycles. The summed E-state index contributed by atoms with van der Waals surface area (Å²) < 4.78 is 0. The van der Waals surface area contributed by atoms with Crippen LogP contribution in [0, 0.1) is 6.92 Å². The van der Waals surface area contributed by atoms with E-state index in [1.807, 2.05) is 43.1 Å². The lowest BCUT2D eigenvalue weighted by Crippen LogP contribution is -2.19. The topological polar surface area (TPSA) is 55.0 Å². The van der Waals surface area contributed by atoms with E-state index >= 15 is 0 Å². The Hall–Kier alpha value is -2.01. The van der Waals surface area contributed by atoms with Crippen molar-refractivity contribution >= 4 is 28.7 Å². The number of hydrogen-bond acceptors (Lipinski definition) is 4. The molecule has 0 saturated carbocycles. The van der Waals surface area contributed by atoms with E-state index in [0.29, 0.717) is 4.99 Å². The van der Waals surface area contributed by atoms with E-state index in [0.717, 1.165) is 22.8 Å². The maximum atomic E-state index is 5.73. The fourth-order valence-corrected chi connectivity index (χ4v) is 1.82. The fourth-order valence-electron chi connectivity index (χ4n) is 1.67. The second-order valence-corrected chi connectivity index (χ2v) is 4.40. The minimum atomic E-state index is 0.341. The van der Waals surface area contributed by atoms with Crippen LogP contribution in [0.3, 0.4) is 0 Å². The van der Waals surface area contributed by atoms with Gasteiger partial charge in [-0.2, -0.15) is 0 Å². The first-order chi connectivity index (χ1) is 8.59. The highest BCUT2D eigenvalue weighted by Crippen LogP contribution is 2.24. The highest BCUT2D eigenvalue weighted by molar-refractivity contribution is 7.80. The quantitative estimate of drug-likeness (QED) is 0.855. The number of aryl methyl sites for hydroxylation is 1. The zero-order valence-corrected chi connectivity index (χ0v) is 11.1. The highest BCUT2D eigenvalue weighted by atomic mass is 32.1. The summed E-state index contributed by atoms with van der Waals surface area (Å²) >= 11 is 5.06. The first-order valence-electron chi connectivity index (χ1n) is 5.51. The highest BCUT2D eigenvalue weighted by Gasteiger charge is 2.13. The Bertz CT molecular complexity index is 568. The van der Waals surface area contributed by atoms with Gasteiger partial charge >= 0.3 is 0 Å². The van der Waals surface area contributed by atoms with Gasteiger partial charge in [0, 0.05) is 18.9 Å². The third-order valence-corrected chi connectivity index (χ3v) is 2.85. The van der Waals surface area contributed by atoms with Crippen LogP contribution in [0.25, 0.3) is 0 Å². The molecule has 0 aliphatic rings. The molecule has 0 bridgehead atoms. The standard InChI is InChI=1S/C13H14N4S/c1-9-5-6-11(12(14)18)13(16-9)17(2)10-4-3-7-15-8-10/h3-8H,1-2H3,(H2,14,18). The Kier molecular flexibility index (Phi) is 3.53. The van der Waals surface area contributed by atoms with E-state index < -0.39 is 0 Å². The molecule has 2 N–H and O–H groups in total. The summed E-state index contributed by atoms with van der Waals surface area (Å²) in [5.74, 6) is 0.746. The van der Waals surface area contributed by atoms with Crippen molar-refractivity contribution in [1.82, 2.24) is 9.97 Å². The molecular formula is C13H14N4S. The molecule has 0 aliphatic heterocycles. The number of thiocarbonyl (C=S) groups is 1. The number of aromatic nitrogens is 2. The van der Waals surface area contributed by atoms with Gasteiger partial charge < -0.3 is 10.6 Å². The lowest BCUT2D eigenvalue weighted by atomic mass is 10.2. The molecule has 0 aliphatic carbocycles. The summed E-state index contributed by atoms with van der Waals surface area (Å²) in [4.78, 5) is 10.9. The van der Waals surface area contributed by atoms with Gasteiger partial charge in [-0.15, -0.1) is 0 Å². The summed E-state index contributed by atoms with van der Waals surface area (Å²) in [6.45, 7) is 1.93. The van der Waals surface area contributed by atoms with Crippen molar-refractivity contribution in [2.45, 2.75) is 6.92 Å². The van der Waals surface area contributed by atoms with E-state index in [-0.39, 0.29) is 0 Å². The van der Waals surface area contributed by atoms with Gasteiger partial charge in [-0.05, 0) is 31.2 Å². The van der Waals surface area contributed by atoms with Crippen LogP contribution in [0.1, 0.15) is 11.3 Å². The molecule has 2 aromatic heterocycles. The SMILES string of the molecule is Cc1ccc(C(N)=S)c(N(C)c2cccnc2)n1. The van der Waals surface area contributed by atoms with Crippen LogP contribution in [0.2, 0.25) is 0 Å². The van der Waals surface area contributed by atoms with Gasteiger partial charge in [0.1, 0.15) is 10.8 Å². The minimum Gasteiger partial charge on any atom is -0.389 e. The number of hydrogen-bond donors (Lipinski definition) is 1. The summed E-state index contributed by atoms with van der Waals surface area (Å²) in [5, 5.41) is 0. The number of pyridine rings is 2. The zero-order chi connectivity index (χ0) is 13.1. The molecule has 0 atom stereocenters. The number of nitrogens with two attached hydrogens (primary N) is 1. The zero-order valence-electron chi connectivity index (χ0n) is 10.3. The van der Waals surface area contributed by atoms with E-state index in [9.17, 15) is 0 Å². The first-order valence-corrected chi connectivity index (χ1v) is 5.91. The monoisotopic (exact) mass is 258 g/mol. The Morgan fingerprint density at radius 2 is 2.11 bits per heavy atom. The second-order valence-electron chi connectivity index (χ2n) is 3.96. The molecule has 2 rings (SSSR count). The Morgan fingerprint density at radius 1 is 1.33 bits per heavy atom. The molecule has 0 aromatic carbocycles. The van der Waals surface area contributed by atoms with Gasteiger partial charge in [0.05, 0.1) is 17.4 Å². The molecular weight excluding hydrogens is 244 g/mol. The average molecular weight is 258 g/mol. The Labute approximate surface area is 111 Å². The predicted octanol–water partition coefficient (Wildman–Crippen LogP) is 2.19. The third-order valence-electron chi connectivity index (χ3n) is 2.63. The van der Waals surface area contributed by atoms with Crippen molar-refractivity contribution < 1.29 is 0 Å². The fraction of sp³-hybridized carbons (Fsp3) is 0.154. The molecule has 5 heteroatoms. The van der Waals surface area contributed by atoms with Gasteiger partial charge in [0.25, 0.3) is 0 Å². The largest absolute Gasteiger partial charge is 0.389 e. The molecule has 0 unspecified atom stereocenters. The Morgan fingerprint density at radius 3 is 2.72 bits per heavy atom. The summed E-state index contributed by atoms with van der Waals surface area (Å²) in [7, 11) is 1.92. The first kappa shape index (κ1) is 12.4. The van der Waals surface area contributed by atoms with Gasteiger partial charge in [0.15, 0.2) is 0 Å². The molecule has 2 aromatic rings. The van der Waals surface area contributed by atoms with E-state index in [4.69, 9.17) is 18.0 Å². The van der Waals surface area contributed by atoms with Crippen LogP contribution in [-0.4, -0.2) is 22.0 Å². The number of anilines is 2. The Balaban J connectivity index is 2.50. The lowest BCUT2D eigenvalue weighted by molar-refractivity contribution is 1.08. The maximum absolute atomic E-state index is 5.73. The van der Waals surface area contributed by atoms with Crippen LogP contribution in [-0.2, 0) is 0 Å². The van der Waals surface area contributed by atoms with Crippen molar-refractivity contribution in [3.05, 3.63) is 47.9 Å². The van der Waals surface area contributed by atoms with Crippen molar-refractivity contribution in [2.75, 3.05) is 11.9 Å². The summed E-state index contributed by atoms with van der Waals surface area (Å²) in [5.41, 5.74) is 8.35.